The number of fused-ring (bicyclic) bond motifs is 2. The average Bonchev–Trinajstić information content (AvgIpc) is 3.56. The van der Waals surface area contributed by atoms with Gasteiger partial charge in [-0.1, -0.05) is 0 Å². The van der Waals surface area contributed by atoms with Crippen molar-refractivity contribution in [2.75, 3.05) is 19.0 Å². The maximum absolute atomic E-state index is 6.43. The van der Waals surface area contributed by atoms with Crippen molar-refractivity contribution >= 4 is 28.5 Å². The Labute approximate surface area is 197 Å². The van der Waals surface area contributed by atoms with Crippen LogP contribution in [-0.4, -0.2) is 56.0 Å². The number of hydrogen-bond donors (Lipinski definition) is 1. The van der Waals surface area contributed by atoms with Crippen molar-refractivity contribution in [1.29, 1.82) is 0 Å². The van der Waals surface area contributed by atoms with Crippen molar-refractivity contribution in [2.24, 2.45) is 0 Å². The van der Waals surface area contributed by atoms with E-state index in [4.69, 9.17) is 25.8 Å². The first-order chi connectivity index (χ1) is 15.9. The summed E-state index contributed by atoms with van der Waals surface area (Å²) in [6.07, 6.45) is 10.1. The van der Waals surface area contributed by atoms with Gasteiger partial charge in [-0.2, -0.15) is 10.1 Å². The van der Waals surface area contributed by atoms with Gasteiger partial charge in [0.1, 0.15) is 23.8 Å². The van der Waals surface area contributed by atoms with E-state index in [2.05, 4.69) is 37.3 Å². The minimum atomic E-state index is -0.652. The lowest BCUT2D eigenvalue weighted by molar-refractivity contribution is -0.157. The van der Waals surface area contributed by atoms with Gasteiger partial charge in [-0.25, -0.2) is 9.67 Å². The van der Waals surface area contributed by atoms with Crippen LogP contribution in [0, 0.1) is 0 Å². The molecule has 0 amide bonds. The molecule has 9 nitrogen and oxygen atoms in total. The third kappa shape index (κ3) is 3.62. The number of halogens is 1. The van der Waals surface area contributed by atoms with Gasteiger partial charge in [0.25, 0.3) is 0 Å². The Morgan fingerprint density at radius 2 is 2.03 bits per heavy atom. The van der Waals surface area contributed by atoms with Crippen LogP contribution in [0.1, 0.15) is 63.3 Å². The van der Waals surface area contributed by atoms with Gasteiger partial charge in [0, 0.05) is 32.0 Å². The van der Waals surface area contributed by atoms with Gasteiger partial charge >= 0.3 is 0 Å². The highest BCUT2D eigenvalue weighted by atomic mass is 35.5. The van der Waals surface area contributed by atoms with Crippen LogP contribution in [0.4, 0.5) is 5.82 Å². The highest BCUT2D eigenvalue weighted by Gasteiger charge is 2.55. The molecule has 0 bridgehead atoms. The molecule has 1 unspecified atom stereocenters. The third-order valence-corrected chi connectivity index (χ3v) is 7.24. The summed E-state index contributed by atoms with van der Waals surface area (Å²) in [6, 6.07) is 2.07. The number of nitrogens with zero attached hydrogens (tertiary/aromatic N) is 5. The predicted molar refractivity (Wildman–Crippen MR) is 123 cm³/mol. The minimum Gasteiger partial charge on any atom is -0.372 e. The Morgan fingerprint density at radius 1 is 1.18 bits per heavy atom. The topological polar surface area (TPSA) is 88.3 Å². The molecule has 33 heavy (non-hydrogen) atoms. The number of aromatic nitrogens is 5. The summed E-state index contributed by atoms with van der Waals surface area (Å²) in [5.74, 6) is 0.214. The van der Waals surface area contributed by atoms with Crippen molar-refractivity contribution in [3.8, 4) is 0 Å². The van der Waals surface area contributed by atoms with E-state index < -0.39 is 5.79 Å². The molecule has 3 aliphatic rings. The van der Waals surface area contributed by atoms with Gasteiger partial charge in [0.15, 0.2) is 5.79 Å². The molecule has 0 spiro atoms. The molecule has 176 valence electrons. The molecule has 2 saturated heterocycles. The fourth-order valence-electron chi connectivity index (χ4n) is 5.65. The maximum atomic E-state index is 6.43. The van der Waals surface area contributed by atoms with Crippen LogP contribution in [-0.2, 0) is 14.2 Å². The summed E-state index contributed by atoms with van der Waals surface area (Å²) in [6.45, 7) is 4.75. The summed E-state index contributed by atoms with van der Waals surface area (Å²) >= 11 is 6.24. The number of rotatable bonds is 4. The summed E-state index contributed by atoms with van der Waals surface area (Å²) < 4.78 is 22.9. The molecule has 5 atom stereocenters. The largest absolute Gasteiger partial charge is 0.372 e. The van der Waals surface area contributed by atoms with E-state index in [1.165, 1.54) is 6.42 Å². The molecule has 3 aromatic rings. The SMILES string of the molecule is CNc1nc(Cl)nc2c1ccn2[C@@H]1C[C@H](c2cnn(C3CCCCO3)c2)[C@H]2OC(C)(C)O[C@H]21. The van der Waals surface area contributed by atoms with E-state index in [-0.39, 0.29) is 35.7 Å². The fourth-order valence-corrected chi connectivity index (χ4v) is 5.82. The van der Waals surface area contributed by atoms with Crippen LogP contribution in [0.25, 0.3) is 11.0 Å². The first kappa shape index (κ1) is 21.3. The van der Waals surface area contributed by atoms with E-state index in [1.807, 2.05) is 37.8 Å². The van der Waals surface area contributed by atoms with E-state index in [0.29, 0.717) is 5.82 Å². The molecule has 2 aliphatic heterocycles. The van der Waals surface area contributed by atoms with Crippen LogP contribution in [0.2, 0.25) is 5.28 Å². The van der Waals surface area contributed by atoms with Gasteiger partial charge in [-0.3, -0.25) is 0 Å². The van der Waals surface area contributed by atoms with Crippen LogP contribution >= 0.6 is 11.6 Å². The lowest BCUT2D eigenvalue weighted by Crippen LogP contribution is -2.27. The number of hydrogen-bond acceptors (Lipinski definition) is 7. The van der Waals surface area contributed by atoms with Crippen LogP contribution in [0.15, 0.2) is 24.7 Å². The van der Waals surface area contributed by atoms with Crippen LogP contribution < -0.4 is 5.32 Å². The van der Waals surface area contributed by atoms with Crippen molar-refractivity contribution in [2.45, 2.75) is 75.7 Å². The van der Waals surface area contributed by atoms with Gasteiger partial charge in [0.2, 0.25) is 5.28 Å². The Hall–Kier alpha value is -2.20. The highest BCUT2D eigenvalue weighted by molar-refractivity contribution is 6.28. The summed E-state index contributed by atoms with van der Waals surface area (Å²) in [5, 5.41) is 8.91. The smallest absolute Gasteiger partial charge is 0.226 e. The number of anilines is 1. The second-order valence-corrected chi connectivity index (χ2v) is 9.94. The van der Waals surface area contributed by atoms with Gasteiger partial charge < -0.3 is 24.1 Å². The maximum Gasteiger partial charge on any atom is 0.226 e. The van der Waals surface area contributed by atoms with Crippen molar-refractivity contribution in [1.82, 2.24) is 24.3 Å². The zero-order valence-corrected chi connectivity index (χ0v) is 19.8. The molecule has 10 heteroatoms. The molecule has 1 saturated carbocycles. The van der Waals surface area contributed by atoms with Gasteiger partial charge in [-0.05, 0) is 62.8 Å². The minimum absolute atomic E-state index is 0.0184. The molecule has 3 fully saturated rings. The highest BCUT2D eigenvalue weighted by Crippen LogP contribution is 2.51. The number of nitrogens with one attached hydrogen (secondary N) is 1. The molecule has 1 aliphatic carbocycles. The molecule has 6 rings (SSSR count). The van der Waals surface area contributed by atoms with E-state index in [1.54, 1.807) is 0 Å². The Balaban J connectivity index is 1.36. The molecule has 0 radical (unpaired) electrons. The summed E-state index contributed by atoms with van der Waals surface area (Å²) in [7, 11) is 1.83. The molecular formula is C23H29ClN6O3. The lowest BCUT2D eigenvalue weighted by atomic mass is 9.98. The fraction of sp³-hybridized carbons (Fsp3) is 0.609. The zero-order chi connectivity index (χ0) is 22.7. The average molecular weight is 473 g/mol. The predicted octanol–water partition coefficient (Wildman–Crippen LogP) is 4.27. The monoisotopic (exact) mass is 472 g/mol. The molecule has 5 heterocycles. The summed E-state index contributed by atoms with van der Waals surface area (Å²) in [5.41, 5.74) is 1.95. The third-order valence-electron chi connectivity index (χ3n) is 7.07. The Morgan fingerprint density at radius 3 is 2.82 bits per heavy atom. The molecular weight excluding hydrogens is 444 g/mol. The lowest BCUT2D eigenvalue weighted by Gasteiger charge is -2.24. The molecule has 0 aromatic carbocycles. The van der Waals surface area contributed by atoms with Crippen LogP contribution in [0.5, 0.6) is 0 Å². The Bertz CT molecular complexity index is 1170. The van der Waals surface area contributed by atoms with E-state index in [0.717, 1.165) is 42.5 Å². The van der Waals surface area contributed by atoms with Gasteiger partial charge in [-0.15, -0.1) is 0 Å². The van der Waals surface area contributed by atoms with Gasteiger partial charge in [0.05, 0.1) is 23.7 Å². The first-order valence-corrected chi connectivity index (χ1v) is 12.0. The van der Waals surface area contributed by atoms with Crippen LogP contribution in [0.3, 0.4) is 0 Å². The molecule has 1 N–H and O–H groups in total. The van der Waals surface area contributed by atoms with Crippen molar-refractivity contribution < 1.29 is 14.2 Å². The van der Waals surface area contributed by atoms with Crippen molar-refractivity contribution in [3.63, 3.8) is 0 Å². The summed E-state index contributed by atoms with van der Waals surface area (Å²) in [4.78, 5) is 8.86. The van der Waals surface area contributed by atoms with E-state index >= 15 is 0 Å². The van der Waals surface area contributed by atoms with Crippen molar-refractivity contribution in [3.05, 3.63) is 35.5 Å². The standard InChI is InChI=1S/C23H29ClN6O3/c1-23(2)32-18-15(13-11-26-30(12-13)17-6-4-5-9-31-17)10-16(19(18)33-23)29-8-7-14-20(25-3)27-22(24)28-21(14)29/h7-8,11-12,15-19H,4-6,9-10H2,1-3H3,(H,25,27,28)/t15-,16-,17?,18-,19+/m1/s1. The molecule has 3 aromatic heterocycles. The normalized spacial score (nSPS) is 31.2. The number of ether oxygens (including phenoxy) is 3. The second kappa shape index (κ2) is 7.94. The second-order valence-electron chi connectivity index (χ2n) is 9.60. The Kier molecular flexibility index (Phi) is 5.13. The zero-order valence-electron chi connectivity index (χ0n) is 19.1. The first-order valence-electron chi connectivity index (χ1n) is 11.7. The van der Waals surface area contributed by atoms with E-state index in [9.17, 15) is 0 Å². The quantitative estimate of drug-likeness (QED) is 0.567.